The summed E-state index contributed by atoms with van der Waals surface area (Å²) in [5.74, 6) is -0.702. The molecule has 0 aromatic heterocycles. The number of benzene rings is 1. The fourth-order valence-electron chi connectivity index (χ4n) is 1.78. The summed E-state index contributed by atoms with van der Waals surface area (Å²) < 4.78 is 4.57. The Kier molecular flexibility index (Phi) is 4.44. The van der Waals surface area contributed by atoms with Crippen molar-refractivity contribution in [2.75, 3.05) is 7.11 Å². The molecule has 0 bridgehead atoms. The molecule has 92 valence electrons. The summed E-state index contributed by atoms with van der Waals surface area (Å²) in [4.78, 5) is 23.2. The molecule has 0 heterocycles. The topological polar surface area (TPSA) is 43.4 Å². The third kappa shape index (κ3) is 3.41. The van der Waals surface area contributed by atoms with E-state index in [-0.39, 0.29) is 24.1 Å². The van der Waals surface area contributed by atoms with Gasteiger partial charge >= 0.3 is 5.97 Å². The molecule has 17 heavy (non-hydrogen) atoms. The van der Waals surface area contributed by atoms with E-state index in [9.17, 15) is 9.59 Å². The Bertz CT molecular complexity index is 435. The Morgan fingerprint density at radius 1 is 1.29 bits per heavy atom. The van der Waals surface area contributed by atoms with E-state index in [0.717, 1.165) is 11.1 Å². The Labute approximate surface area is 102 Å². The number of ketones is 1. The van der Waals surface area contributed by atoms with Gasteiger partial charge in [-0.05, 0) is 19.4 Å². The molecule has 0 aliphatic carbocycles. The first-order valence-corrected chi connectivity index (χ1v) is 5.64. The van der Waals surface area contributed by atoms with Crippen molar-refractivity contribution >= 4 is 11.8 Å². The molecule has 1 unspecified atom stereocenters. The second-order valence-corrected chi connectivity index (χ2v) is 4.36. The highest BCUT2D eigenvalue weighted by molar-refractivity contribution is 6.00. The highest BCUT2D eigenvalue weighted by Crippen LogP contribution is 2.17. The molecule has 0 spiro atoms. The molecule has 0 fully saturated rings. The van der Waals surface area contributed by atoms with Crippen molar-refractivity contribution in [1.82, 2.24) is 0 Å². The fourth-order valence-corrected chi connectivity index (χ4v) is 1.78. The minimum absolute atomic E-state index is 0.00657. The van der Waals surface area contributed by atoms with Gasteiger partial charge < -0.3 is 4.74 Å². The van der Waals surface area contributed by atoms with E-state index >= 15 is 0 Å². The highest BCUT2D eigenvalue weighted by Gasteiger charge is 2.20. The fraction of sp³-hybridized carbons (Fsp3) is 0.429. The number of methoxy groups -OCH3 is 1. The second kappa shape index (κ2) is 5.62. The highest BCUT2D eigenvalue weighted by atomic mass is 16.5. The molecular formula is C14H18O3. The first-order chi connectivity index (χ1) is 7.95. The van der Waals surface area contributed by atoms with Crippen LogP contribution in [0.5, 0.6) is 0 Å². The van der Waals surface area contributed by atoms with Gasteiger partial charge in [0.05, 0.1) is 13.5 Å². The van der Waals surface area contributed by atoms with Crippen molar-refractivity contribution in [1.29, 1.82) is 0 Å². The van der Waals surface area contributed by atoms with Crippen LogP contribution in [0.1, 0.15) is 34.8 Å². The van der Waals surface area contributed by atoms with E-state index in [1.165, 1.54) is 7.11 Å². The molecule has 0 saturated carbocycles. The van der Waals surface area contributed by atoms with Crippen molar-refractivity contribution in [2.45, 2.75) is 27.2 Å². The van der Waals surface area contributed by atoms with Crippen LogP contribution < -0.4 is 0 Å². The van der Waals surface area contributed by atoms with Crippen LogP contribution in [0.3, 0.4) is 0 Å². The van der Waals surface area contributed by atoms with Gasteiger partial charge in [-0.3, -0.25) is 9.59 Å². The molecule has 1 atom stereocenters. The first-order valence-electron chi connectivity index (χ1n) is 5.64. The maximum absolute atomic E-state index is 12.1. The molecule has 0 N–H and O–H groups in total. The van der Waals surface area contributed by atoms with E-state index in [0.29, 0.717) is 5.56 Å². The van der Waals surface area contributed by atoms with Crippen molar-refractivity contribution in [3.05, 3.63) is 34.9 Å². The number of carbonyl (C=O) groups is 2. The quantitative estimate of drug-likeness (QED) is 0.594. The molecule has 0 saturated heterocycles. The monoisotopic (exact) mass is 234 g/mol. The van der Waals surface area contributed by atoms with Crippen LogP contribution in [-0.4, -0.2) is 18.9 Å². The predicted octanol–water partition coefficient (Wildman–Crippen LogP) is 2.69. The van der Waals surface area contributed by atoms with Crippen LogP contribution in [-0.2, 0) is 9.53 Å². The Hall–Kier alpha value is -1.64. The zero-order valence-corrected chi connectivity index (χ0v) is 10.7. The van der Waals surface area contributed by atoms with Crippen LogP contribution in [0.2, 0.25) is 0 Å². The van der Waals surface area contributed by atoms with Gasteiger partial charge in [0.1, 0.15) is 0 Å². The van der Waals surface area contributed by atoms with E-state index in [2.05, 4.69) is 4.74 Å². The maximum Gasteiger partial charge on any atom is 0.306 e. The molecule has 3 nitrogen and oxygen atoms in total. The summed E-state index contributed by atoms with van der Waals surface area (Å²) in [6, 6.07) is 5.70. The molecular weight excluding hydrogens is 216 g/mol. The normalized spacial score (nSPS) is 12.0. The third-order valence-corrected chi connectivity index (χ3v) is 2.80. The Morgan fingerprint density at radius 3 is 2.47 bits per heavy atom. The SMILES string of the molecule is COC(=O)CC(C)C(=O)c1ccc(C)cc1C. The molecule has 0 amide bonds. The Morgan fingerprint density at radius 2 is 1.94 bits per heavy atom. The average Bonchev–Trinajstić information content (AvgIpc) is 2.28. The van der Waals surface area contributed by atoms with Crippen LogP contribution in [0.15, 0.2) is 18.2 Å². The molecule has 0 aliphatic heterocycles. The molecule has 1 rings (SSSR count). The summed E-state index contributed by atoms with van der Waals surface area (Å²) in [7, 11) is 1.33. The molecule has 1 aromatic carbocycles. The van der Waals surface area contributed by atoms with Crippen LogP contribution in [0.25, 0.3) is 0 Å². The number of ether oxygens (including phenoxy) is 1. The van der Waals surface area contributed by atoms with Crippen molar-refractivity contribution in [3.8, 4) is 0 Å². The minimum atomic E-state index is -0.351. The lowest BCUT2D eigenvalue weighted by Crippen LogP contribution is -2.17. The zero-order chi connectivity index (χ0) is 13.0. The van der Waals surface area contributed by atoms with Crippen molar-refractivity contribution in [3.63, 3.8) is 0 Å². The van der Waals surface area contributed by atoms with E-state index in [1.807, 2.05) is 32.0 Å². The number of hydrogen-bond acceptors (Lipinski definition) is 3. The van der Waals surface area contributed by atoms with Crippen LogP contribution >= 0.6 is 0 Å². The van der Waals surface area contributed by atoms with E-state index in [4.69, 9.17) is 0 Å². The van der Waals surface area contributed by atoms with Crippen LogP contribution in [0, 0.1) is 19.8 Å². The van der Waals surface area contributed by atoms with Gasteiger partial charge in [-0.1, -0.05) is 30.7 Å². The van der Waals surface area contributed by atoms with Gasteiger partial charge in [0.15, 0.2) is 5.78 Å². The molecule has 1 aromatic rings. The lowest BCUT2D eigenvalue weighted by molar-refractivity contribution is -0.141. The summed E-state index contributed by atoms with van der Waals surface area (Å²) in [6.45, 7) is 5.64. The van der Waals surface area contributed by atoms with Gasteiger partial charge in [-0.2, -0.15) is 0 Å². The van der Waals surface area contributed by atoms with E-state index in [1.54, 1.807) is 6.92 Å². The van der Waals surface area contributed by atoms with Gasteiger partial charge in [0.2, 0.25) is 0 Å². The van der Waals surface area contributed by atoms with Crippen molar-refractivity contribution < 1.29 is 14.3 Å². The number of hydrogen-bond donors (Lipinski definition) is 0. The lowest BCUT2D eigenvalue weighted by atomic mass is 9.93. The lowest BCUT2D eigenvalue weighted by Gasteiger charge is -2.11. The minimum Gasteiger partial charge on any atom is -0.469 e. The smallest absolute Gasteiger partial charge is 0.306 e. The Balaban J connectivity index is 2.85. The first kappa shape index (κ1) is 13.4. The third-order valence-electron chi connectivity index (χ3n) is 2.80. The summed E-state index contributed by atoms with van der Waals surface area (Å²) in [5, 5.41) is 0. The zero-order valence-electron chi connectivity index (χ0n) is 10.7. The molecule has 3 heteroatoms. The van der Waals surface area contributed by atoms with E-state index < -0.39 is 0 Å². The van der Waals surface area contributed by atoms with Gasteiger partial charge in [-0.25, -0.2) is 0 Å². The van der Waals surface area contributed by atoms with Crippen LogP contribution in [0.4, 0.5) is 0 Å². The standard InChI is InChI=1S/C14H18O3/c1-9-5-6-12(10(2)7-9)14(16)11(3)8-13(15)17-4/h5-7,11H,8H2,1-4H3. The van der Waals surface area contributed by atoms with Gasteiger partial charge in [0.25, 0.3) is 0 Å². The van der Waals surface area contributed by atoms with Gasteiger partial charge in [0, 0.05) is 11.5 Å². The van der Waals surface area contributed by atoms with Gasteiger partial charge in [-0.15, -0.1) is 0 Å². The number of Topliss-reactive ketones (excluding diaryl/α,β-unsaturated/α-hetero) is 1. The number of carbonyl (C=O) groups excluding carboxylic acids is 2. The predicted molar refractivity (Wildman–Crippen MR) is 66.0 cm³/mol. The van der Waals surface area contributed by atoms with Crippen molar-refractivity contribution in [2.24, 2.45) is 5.92 Å². The number of esters is 1. The largest absolute Gasteiger partial charge is 0.469 e. The maximum atomic E-state index is 12.1. The summed E-state index contributed by atoms with van der Waals surface area (Å²) in [6.07, 6.45) is 0.128. The number of aryl methyl sites for hydroxylation is 2. The number of rotatable bonds is 4. The molecule has 0 aliphatic rings. The average molecular weight is 234 g/mol. The summed E-state index contributed by atoms with van der Waals surface area (Å²) >= 11 is 0. The summed E-state index contributed by atoms with van der Waals surface area (Å²) in [5.41, 5.74) is 2.76. The second-order valence-electron chi connectivity index (χ2n) is 4.36. The molecule has 0 radical (unpaired) electrons.